The quantitative estimate of drug-likeness (QED) is 0.177. The summed E-state index contributed by atoms with van der Waals surface area (Å²) in [6.45, 7) is 22.2. The van der Waals surface area contributed by atoms with Crippen molar-refractivity contribution >= 4 is 82.5 Å². The molecule has 0 saturated heterocycles. The second kappa shape index (κ2) is 20.8. The minimum absolute atomic E-state index is 0.0847. The number of benzene rings is 11. The van der Waals surface area contributed by atoms with Crippen molar-refractivity contribution in [3.05, 3.63) is 292 Å². The lowest BCUT2D eigenvalue weighted by Gasteiger charge is -2.13. The first kappa shape index (κ1) is 50.2. The van der Waals surface area contributed by atoms with Gasteiger partial charge >= 0.3 is 0 Å². The zero-order chi connectivity index (χ0) is 56.7. The lowest BCUT2D eigenvalue weighted by Crippen LogP contribution is -1.98. The van der Waals surface area contributed by atoms with Crippen molar-refractivity contribution in [1.29, 1.82) is 15.8 Å². The summed E-state index contributed by atoms with van der Waals surface area (Å²) < 4.78 is 16.9. The Morgan fingerprint density at radius 3 is 1.39 bits per heavy atom. The fourth-order valence-electron chi connectivity index (χ4n) is 11.7. The summed E-state index contributed by atoms with van der Waals surface area (Å²) in [7, 11) is 0. The molecule has 3 aromatic heterocycles. The molecule has 0 saturated carbocycles. The van der Waals surface area contributed by atoms with Crippen molar-refractivity contribution in [2.45, 2.75) is 6.42 Å². The van der Waals surface area contributed by atoms with Crippen LogP contribution < -0.4 is 0 Å². The van der Waals surface area contributed by atoms with Crippen molar-refractivity contribution < 1.29 is 4.39 Å². The van der Waals surface area contributed by atoms with E-state index in [9.17, 15) is 14.9 Å². The number of nitriles is 3. The van der Waals surface area contributed by atoms with Gasteiger partial charge < -0.3 is 14.1 Å². The van der Waals surface area contributed by atoms with Crippen LogP contribution in [-0.2, 0) is 6.42 Å². The molecule has 0 atom stereocenters. The third-order valence-corrected chi connectivity index (χ3v) is 15.5. The first-order chi connectivity index (χ1) is 40.8. The molecule has 3 heterocycles. The predicted molar refractivity (Wildman–Crippen MR) is 329 cm³/mol. The van der Waals surface area contributed by atoms with Gasteiger partial charge in [0.05, 0.1) is 82.0 Å². The van der Waals surface area contributed by atoms with Crippen molar-refractivity contribution in [3.63, 3.8) is 0 Å². The average Bonchev–Trinajstić information content (AvgIpc) is 3.42. The molecule has 0 spiro atoms. The highest BCUT2D eigenvalue weighted by molar-refractivity contribution is 6.14. The van der Waals surface area contributed by atoms with Crippen molar-refractivity contribution in [2.24, 2.45) is 0 Å². The highest BCUT2D eigenvalue weighted by Gasteiger charge is 2.22. The summed E-state index contributed by atoms with van der Waals surface area (Å²) in [5, 5.41) is 35.0. The summed E-state index contributed by atoms with van der Waals surface area (Å²) in [6, 6.07) is 80.6. The van der Waals surface area contributed by atoms with Crippen LogP contribution in [0.4, 0.5) is 21.5 Å². The lowest BCUT2D eigenvalue weighted by molar-refractivity contribution is 0.630. The maximum atomic E-state index is 12.8. The van der Waals surface area contributed by atoms with Crippen LogP contribution in [-0.4, -0.2) is 14.1 Å². The van der Waals surface area contributed by atoms with Crippen molar-refractivity contribution in [1.82, 2.24) is 14.1 Å². The van der Waals surface area contributed by atoms with Crippen LogP contribution in [0.1, 0.15) is 27.8 Å². The smallest absolute Gasteiger partial charge is 0.223 e. The number of fused-ring (bicyclic) bond motifs is 12. The Morgan fingerprint density at radius 2 is 0.807 bits per heavy atom. The van der Waals surface area contributed by atoms with Crippen molar-refractivity contribution in [2.75, 3.05) is 0 Å². The van der Waals surface area contributed by atoms with Gasteiger partial charge in [-0.3, -0.25) is 0 Å². The first-order valence-corrected chi connectivity index (χ1v) is 26.5. The number of para-hydroxylation sites is 5. The molecule has 0 amide bonds. The molecule has 0 bridgehead atoms. The van der Waals surface area contributed by atoms with E-state index in [1.807, 2.05) is 45.5 Å². The Labute approximate surface area is 476 Å². The van der Waals surface area contributed by atoms with Gasteiger partial charge in [0.2, 0.25) is 17.1 Å². The van der Waals surface area contributed by atoms with Gasteiger partial charge in [-0.25, -0.2) is 18.9 Å². The normalized spacial score (nSPS) is 11.1. The highest BCUT2D eigenvalue weighted by Crippen LogP contribution is 2.43. The summed E-state index contributed by atoms with van der Waals surface area (Å²) in [5.74, 6) is -0.731. The first-order valence-electron chi connectivity index (χ1n) is 26.5. The molecule has 10 heteroatoms. The van der Waals surface area contributed by atoms with Gasteiger partial charge in [0, 0.05) is 43.4 Å². The Hall–Kier alpha value is -12.3. The lowest BCUT2D eigenvalue weighted by atomic mass is 9.97. The van der Waals surface area contributed by atoms with Crippen LogP contribution in [0.25, 0.3) is 125 Å². The molecule has 15 rings (SSSR count). The average molecular weight is 1060 g/mol. The van der Waals surface area contributed by atoms with E-state index in [1.54, 1.807) is 42.5 Å². The topological polar surface area (TPSA) is 110 Å². The van der Waals surface area contributed by atoms with E-state index in [1.165, 1.54) is 73.4 Å². The van der Waals surface area contributed by atoms with Crippen LogP contribution in [0.2, 0.25) is 0 Å². The Bertz CT molecular complexity index is 5010. The molecule has 0 aliphatic heterocycles. The molecular formula is C73H40FN9. The predicted octanol–water partition coefficient (Wildman–Crippen LogP) is 19.2. The monoisotopic (exact) mass is 1060 g/mol. The van der Waals surface area contributed by atoms with E-state index in [2.05, 4.69) is 165 Å². The van der Waals surface area contributed by atoms with Gasteiger partial charge in [-0.05, 0) is 130 Å². The van der Waals surface area contributed by atoms with Gasteiger partial charge in [-0.2, -0.15) is 15.8 Å². The molecule has 14 aromatic rings. The molecule has 9 nitrogen and oxygen atoms in total. The molecule has 0 radical (unpaired) electrons. The number of aromatic nitrogens is 3. The third-order valence-electron chi connectivity index (χ3n) is 15.5. The number of nitrogens with one attached hydrogen (secondary N) is 1. The Morgan fingerprint density at radius 1 is 0.373 bits per heavy atom. The van der Waals surface area contributed by atoms with E-state index in [0.717, 1.165) is 61.2 Å². The number of hydrogen-bond acceptors (Lipinski definition) is 3. The zero-order valence-electron chi connectivity index (χ0n) is 44.0. The zero-order valence-corrected chi connectivity index (χ0v) is 44.0. The molecule has 83 heavy (non-hydrogen) atoms. The van der Waals surface area contributed by atoms with E-state index >= 15 is 0 Å². The second-order valence-corrected chi connectivity index (χ2v) is 20.0. The Kier molecular flexibility index (Phi) is 12.6. The van der Waals surface area contributed by atoms with Crippen LogP contribution in [0.3, 0.4) is 0 Å². The summed E-state index contributed by atoms with van der Waals surface area (Å²) in [5.41, 5.74) is 19.0. The molecule has 384 valence electrons. The van der Waals surface area contributed by atoms with E-state index in [-0.39, 0.29) is 11.3 Å². The third kappa shape index (κ3) is 8.51. The number of halogens is 1. The molecule has 0 unspecified atom stereocenters. The number of hydrogen-bond donors (Lipinski definition) is 1. The molecule has 11 aromatic carbocycles. The molecule has 0 fully saturated rings. The van der Waals surface area contributed by atoms with E-state index < -0.39 is 5.82 Å². The minimum Gasteiger partial charge on any atom is -0.355 e. The van der Waals surface area contributed by atoms with Crippen LogP contribution >= 0.6 is 0 Å². The van der Waals surface area contributed by atoms with Gasteiger partial charge in [-0.15, -0.1) is 0 Å². The van der Waals surface area contributed by atoms with Gasteiger partial charge in [0.25, 0.3) is 0 Å². The maximum absolute atomic E-state index is 12.8. The maximum Gasteiger partial charge on any atom is 0.223 e. The number of aromatic amines is 1. The molecule has 1 aliphatic rings. The van der Waals surface area contributed by atoms with Gasteiger partial charge in [0.1, 0.15) is 11.9 Å². The molecule has 1 N–H and O–H groups in total. The van der Waals surface area contributed by atoms with E-state index in [4.69, 9.17) is 25.0 Å². The second-order valence-electron chi connectivity index (χ2n) is 20.0. The van der Waals surface area contributed by atoms with E-state index in [0.29, 0.717) is 33.9 Å². The van der Waals surface area contributed by atoms with Crippen LogP contribution in [0, 0.1) is 59.5 Å². The van der Waals surface area contributed by atoms with Gasteiger partial charge in [-0.1, -0.05) is 146 Å². The van der Waals surface area contributed by atoms with Crippen molar-refractivity contribution in [3.8, 4) is 63.0 Å². The largest absolute Gasteiger partial charge is 0.355 e. The fourth-order valence-corrected chi connectivity index (χ4v) is 11.7. The number of nitrogens with zero attached hydrogens (tertiary/aromatic N) is 8. The van der Waals surface area contributed by atoms with Crippen LogP contribution in [0.15, 0.2) is 224 Å². The summed E-state index contributed by atoms with van der Waals surface area (Å²) in [4.78, 5) is 13.9. The number of H-pyrrole nitrogens is 1. The Balaban J connectivity index is 0.000000144. The highest BCUT2D eigenvalue weighted by atomic mass is 19.1. The summed E-state index contributed by atoms with van der Waals surface area (Å²) in [6.07, 6.45) is 1.05. The molecule has 1 aliphatic carbocycles. The molecular weight excluding hydrogens is 1020 g/mol. The fraction of sp³-hybridized carbons (Fsp3) is 0.0137. The SMILES string of the molecule is [C-]#[N+]c1cccc(C#N)c1-n1c2ccccc2c2cc(-c3ccc4c(c3)c3ccccc3n4-c3c(C#N)cccc3[N+]#[C-])ccc21.[C-]#[N+]c1cccc(C#N)c1F.c1ccc2c(c1)Cc1ccc(-c3ccc4[nH]c5ccccc5c4c3)cc1-2. The summed E-state index contributed by atoms with van der Waals surface area (Å²) >= 11 is 0. The van der Waals surface area contributed by atoms with Gasteiger partial charge in [0.15, 0.2) is 0 Å². The van der Waals surface area contributed by atoms with Crippen LogP contribution in [0.5, 0.6) is 0 Å². The standard InChI is InChI=1S/C40H20N6.C25H17N.C8H3FN2/c1-43-33-13-7-9-27(23-41)39(33)45-35-15-5-3-11-29(35)31-21-25(17-19-37(31)45)26-18-20-38-32(22-26)30-12-4-6-16-36(30)46(38)40-28(24-42)10-8-14-34(40)44-2;1-2-6-20-18(5-1)13-19-10-9-16(14-22(19)20)17-11-12-25-23(15-17)21-7-3-4-8-24(21)26-25;1-11-7-4-2-3-6(5-10)8(7)9/h3-22H;1-12,14-15,26H,13H2;2-4H. The minimum atomic E-state index is -0.731. The number of rotatable bonds is 4.